The van der Waals surface area contributed by atoms with E-state index < -0.39 is 6.04 Å². The third-order valence-corrected chi connectivity index (χ3v) is 5.85. The lowest BCUT2D eigenvalue weighted by Gasteiger charge is -2.29. The first kappa shape index (κ1) is 16.6. The van der Waals surface area contributed by atoms with Crippen LogP contribution in [0.15, 0.2) is 11.6 Å². The van der Waals surface area contributed by atoms with E-state index in [1.54, 1.807) is 0 Å². The number of hydrogen-bond acceptors (Lipinski definition) is 3. The lowest BCUT2D eigenvalue weighted by atomic mass is 9.79. The molecule has 0 aromatic rings. The first-order chi connectivity index (χ1) is 10.0. The van der Waals surface area contributed by atoms with Gasteiger partial charge in [-0.3, -0.25) is 10.1 Å². The molecule has 2 aliphatic rings. The van der Waals surface area contributed by atoms with Gasteiger partial charge < -0.3 is 0 Å². The molecule has 0 unspecified atom stereocenters. The van der Waals surface area contributed by atoms with Gasteiger partial charge in [-0.25, -0.2) is 0 Å². The summed E-state index contributed by atoms with van der Waals surface area (Å²) >= 11 is 12.3. The van der Waals surface area contributed by atoms with Gasteiger partial charge in [-0.1, -0.05) is 6.08 Å². The molecule has 0 heterocycles. The number of halogens is 2. The Morgan fingerprint density at radius 2 is 1.81 bits per heavy atom. The Kier molecular flexibility index (Phi) is 5.89. The Balaban J connectivity index is 1.96. The molecule has 0 aliphatic heterocycles. The van der Waals surface area contributed by atoms with Crippen LogP contribution in [0.25, 0.3) is 0 Å². The monoisotopic (exact) mass is 330 g/mol. The summed E-state index contributed by atoms with van der Waals surface area (Å²) in [6.45, 7) is 0. The van der Waals surface area contributed by atoms with Gasteiger partial charge in [0.1, 0.15) is 0 Å². The molecule has 0 N–H and O–H groups in total. The van der Waals surface area contributed by atoms with Crippen molar-refractivity contribution in [3.63, 3.8) is 0 Å². The van der Waals surface area contributed by atoms with Gasteiger partial charge in [-0.05, 0) is 43.9 Å². The van der Waals surface area contributed by atoms with Crippen molar-refractivity contribution >= 4 is 23.2 Å². The van der Waals surface area contributed by atoms with Crippen molar-refractivity contribution in [3.05, 3.63) is 21.8 Å². The van der Waals surface area contributed by atoms with Crippen LogP contribution in [0.5, 0.6) is 0 Å². The second kappa shape index (κ2) is 7.47. The van der Waals surface area contributed by atoms with Crippen LogP contribution in [0.4, 0.5) is 0 Å². The summed E-state index contributed by atoms with van der Waals surface area (Å²) in [6, 6.07) is 1.87. The highest BCUT2D eigenvalue weighted by Gasteiger charge is 2.31. The summed E-state index contributed by atoms with van der Waals surface area (Å²) in [5, 5.41) is 20.2. The minimum atomic E-state index is -0.430. The van der Waals surface area contributed by atoms with Crippen molar-refractivity contribution in [2.24, 2.45) is 11.8 Å². The fourth-order valence-electron chi connectivity index (χ4n) is 3.38. The second-order valence-corrected chi connectivity index (χ2v) is 7.25. The van der Waals surface area contributed by atoms with E-state index in [1.165, 1.54) is 0 Å². The molecule has 2 aliphatic carbocycles. The third kappa shape index (κ3) is 4.34. The van der Waals surface area contributed by atoms with E-state index in [9.17, 15) is 15.4 Å². The molecule has 6 heteroatoms. The molecular formula is C15H20Cl2N2O2. The van der Waals surface area contributed by atoms with Gasteiger partial charge in [0.25, 0.3) is 0 Å². The van der Waals surface area contributed by atoms with Crippen molar-refractivity contribution in [2.75, 3.05) is 0 Å². The topological polar surface area (TPSA) is 66.9 Å². The van der Waals surface area contributed by atoms with Crippen LogP contribution >= 0.6 is 23.2 Å². The quantitative estimate of drug-likeness (QED) is 0.335. The summed E-state index contributed by atoms with van der Waals surface area (Å²) in [7, 11) is 0. The number of hydrogen-bond donors (Lipinski definition) is 0. The fourth-order valence-corrected chi connectivity index (χ4v) is 3.96. The molecule has 21 heavy (non-hydrogen) atoms. The standard InChI is InChI=1S/C15H20Cl2N2O2/c16-14-6-1-10(8-15(14)17)7-12(9-18)11-2-4-13(5-3-11)19(20)21/h7,10-11,13-15H,1-6,8H2/b12-7-/t10-,11?,13?,14+,15-/m1/s1. The first-order valence-electron chi connectivity index (χ1n) is 7.54. The van der Waals surface area contributed by atoms with Gasteiger partial charge >= 0.3 is 0 Å². The summed E-state index contributed by atoms with van der Waals surface area (Å²) < 4.78 is 0. The lowest BCUT2D eigenvalue weighted by Crippen LogP contribution is -2.27. The van der Waals surface area contributed by atoms with Gasteiger partial charge in [0.05, 0.1) is 11.4 Å². The minimum Gasteiger partial charge on any atom is -0.264 e. The predicted molar refractivity (Wildman–Crippen MR) is 83.1 cm³/mol. The highest BCUT2D eigenvalue weighted by molar-refractivity contribution is 6.30. The second-order valence-electron chi connectivity index (χ2n) is 6.13. The summed E-state index contributed by atoms with van der Waals surface area (Å²) in [5.41, 5.74) is 0.790. The van der Waals surface area contributed by atoms with Gasteiger partial charge in [0, 0.05) is 28.7 Å². The smallest absolute Gasteiger partial charge is 0.213 e. The molecule has 2 fully saturated rings. The molecular weight excluding hydrogens is 311 g/mol. The number of nitriles is 1. The highest BCUT2D eigenvalue weighted by Crippen LogP contribution is 2.36. The molecule has 0 saturated heterocycles. The van der Waals surface area contributed by atoms with Gasteiger partial charge in [0.15, 0.2) is 0 Å². The SMILES string of the molecule is N#C/C(=C/[C@H]1CC[C@H](Cl)[C@H](Cl)C1)C1CCC([N+](=O)[O-])CC1. The van der Waals surface area contributed by atoms with E-state index in [4.69, 9.17) is 23.2 Å². The van der Waals surface area contributed by atoms with Gasteiger partial charge in [-0.2, -0.15) is 5.26 Å². The van der Waals surface area contributed by atoms with Crippen molar-refractivity contribution < 1.29 is 4.92 Å². The van der Waals surface area contributed by atoms with Crippen LogP contribution in [0.3, 0.4) is 0 Å². The number of allylic oxidation sites excluding steroid dienone is 2. The molecule has 116 valence electrons. The Hall–Kier alpha value is -0.790. The molecule has 0 spiro atoms. The number of nitro groups is 1. The highest BCUT2D eigenvalue weighted by atomic mass is 35.5. The maximum Gasteiger partial charge on any atom is 0.213 e. The van der Waals surface area contributed by atoms with E-state index in [-0.39, 0.29) is 21.6 Å². The zero-order chi connectivity index (χ0) is 15.4. The van der Waals surface area contributed by atoms with Crippen LogP contribution in [-0.4, -0.2) is 21.7 Å². The first-order valence-corrected chi connectivity index (χ1v) is 8.42. The van der Waals surface area contributed by atoms with Crippen LogP contribution in [0.2, 0.25) is 0 Å². The fraction of sp³-hybridized carbons (Fsp3) is 0.800. The van der Waals surface area contributed by atoms with E-state index in [0.29, 0.717) is 18.8 Å². The van der Waals surface area contributed by atoms with Crippen LogP contribution in [0, 0.1) is 33.3 Å². The Bertz CT molecular complexity index is 453. The molecule has 0 aromatic heterocycles. The third-order valence-electron chi connectivity index (χ3n) is 4.71. The van der Waals surface area contributed by atoms with Crippen LogP contribution in [-0.2, 0) is 0 Å². The predicted octanol–water partition coefficient (Wildman–Crippen LogP) is 4.29. The summed E-state index contributed by atoms with van der Waals surface area (Å²) in [6.07, 6.45) is 7.32. The largest absolute Gasteiger partial charge is 0.264 e. The molecule has 4 nitrogen and oxygen atoms in total. The van der Waals surface area contributed by atoms with Crippen molar-refractivity contribution in [1.29, 1.82) is 5.26 Å². The number of nitrogens with zero attached hydrogens (tertiary/aromatic N) is 2. The zero-order valence-electron chi connectivity index (χ0n) is 11.9. The van der Waals surface area contributed by atoms with E-state index in [1.807, 2.05) is 0 Å². The maximum atomic E-state index is 10.8. The molecule has 2 saturated carbocycles. The lowest BCUT2D eigenvalue weighted by molar-refractivity contribution is -0.526. The van der Waals surface area contributed by atoms with E-state index in [0.717, 1.165) is 37.7 Å². The normalized spacial score (nSPS) is 37.8. The van der Waals surface area contributed by atoms with Crippen LogP contribution < -0.4 is 0 Å². The average molecular weight is 331 g/mol. The van der Waals surface area contributed by atoms with Crippen molar-refractivity contribution in [2.45, 2.75) is 61.7 Å². The number of rotatable bonds is 3. The number of alkyl halides is 2. The van der Waals surface area contributed by atoms with Crippen LogP contribution in [0.1, 0.15) is 44.9 Å². The Morgan fingerprint density at radius 3 is 2.33 bits per heavy atom. The molecule has 2 rings (SSSR count). The molecule has 0 bridgehead atoms. The summed E-state index contributed by atoms with van der Waals surface area (Å²) in [4.78, 5) is 10.6. The van der Waals surface area contributed by atoms with Gasteiger partial charge in [0.2, 0.25) is 6.04 Å². The van der Waals surface area contributed by atoms with Crippen molar-refractivity contribution in [1.82, 2.24) is 0 Å². The average Bonchev–Trinajstić information content (AvgIpc) is 2.48. The van der Waals surface area contributed by atoms with E-state index >= 15 is 0 Å². The van der Waals surface area contributed by atoms with E-state index in [2.05, 4.69) is 12.1 Å². The van der Waals surface area contributed by atoms with Gasteiger partial charge in [-0.15, -0.1) is 23.2 Å². The molecule has 0 aromatic carbocycles. The molecule has 0 radical (unpaired) electrons. The molecule has 0 amide bonds. The minimum absolute atomic E-state index is 0.0254. The Morgan fingerprint density at radius 1 is 1.14 bits per heavy atom. The maximum absolute atomic E-state index is 10.8. The zero-order valence-corrected chi connectivity index (χ0v) is 13.4. The Labute approximate surface area is 135 Å². The molecule has 3 atom stereocenters. The summed E-state index contributed by atoms with van der Waals surface area (Å²) in [5.74, 6) is 0.485. The van der Waals surface area contributed by atoms with Crippen molar-refractivity contribution in [3.8, 4) is 6.07 Å².